The van der Waals surface area contributed by atoms with Crippen molar-refractivity contribution in [3.05, 3.63) is 57.9 Å². The molecule has 6 rings (SSSR count). The van der Waals surface area contributed by atoms with E-state index in [1.165, 1.54) is 23.7 Å². The van der Waals surface area contributed by atoms with Gasteiger partial charge >= 0.3 is 0 Å². The predicted octanol–water partition coefficient (Wildman–Crippen LogP) is 3.40. The third-order valence-electron chi connectivity index (χ3n) is 6.81. The SMILES string of the molecule is Cc1nc(C)c(-c2csc(Nc3ccc(C(=O)N4C5CCC4CN(c4ncc(C(N)=O)cn4)C5)cn3)n2)s1. The van der Waals surface area contributed by atoms with E-state index in [1.807, 2.05) is 30.2 Å². The van der Waals surface area contributed by atoms with Gasteiger partial charge in [0.25, 0.3) is 11.8 Å². The number of pyridine rings is 1. The first kappa shape index (κ1) is 24.4. The largest absolute Gasteiger partial charge is 0.366 e. The van der Waals surface area contributed by atoms with Crippen molar-refractivity contribution >= 4 is 51.4 Å². The Morgan fingerprint density at radius 1 is 1.00 bits per heavy atom. The van der Waals surface area contributed by atoms with E-state index in [0.717, 1.165) is 39.2 Å². The highest BCUT2D eigenvalue weighted by atomic mass is 32.1. The lowest BCUT2D eigenvalue weighted by Gasteiger charge is -2.41. The molecule has 4 aromatic rings. The van der Waals surface area contributed by atoms with Gasteiger partial charge in [-0.05, 0) is 38.8 Å². The Balaban J connectivity index is 1.11. The van der Waals surface area contributed by atoms with Crippen LogP contribution in [0.2, 0.25) is 0 Å². The van der Waals surface area contributed by atoms with E-state index < -0.39 is 5.91 Å². The van der Waals surface area contributed by atoms with Crippen molar-refractivity contribution in [1.29, 1.82) is 0 Å². The van der Waals surface area contributed by atoms with Gasteiger partial charge in [-0.15, -0.1) is 22.7 Å². The maximum Gasteiger partial charge on any atom is 0.256 e. The Kier molecular flexibility index (Phi) is 6.24. The van der Waals surface area contributed by atoms with Crippen LogP contribution in [-0.4, -0.2) is 66.8 Å². The zero-order valence-corrected chi connectivity index (χ0v) is 22.4. The Morgan fingerprint density at radius 2 is 1.71 bits per heavy atom. The highest BCUT2D eigenvalue weighted by Gasteiger charge is 2.43. The van der Waals surface area contributed by atoms with E-state index in [1.54, 1.807) is 23.6 Å². The van der Waals surface area contributed by atoms with Crippen molar-refractivity contribution in [1.82, 2.24) is 29.8 Å². The number of thiazole rings is 2. The number of piperazine rings is 1. The zero-order chi connectivity index (χ0) is 26.4. The fourth-order valence-electron chi connectivity index (χ4n) is 5.07. The van der Waals surface area contributed by atoms with E-state index in [4.69, 9.17) is 5.73 Å². The lowest BCUT2D eigenvalue weighted by Crippen LogP contribution is -2.56. The van der Waals surface area contributed by atoms with Crippen LogP contribution in [0, 0.1) is 13.8 Å². The number of carbonyl (C=O) groups excluding carboxylic acids is 2. The molecule has 2 atom stereocenters. The molecule has 4 aromatic heterocycles. The van der Waals surface area contributed by atoms with Crippen LogP contribution in [-0.2, 0) is 0 Å². The number of nitrogens with one attached hydrogen (secondary N) is 1. The summed E-state index contributed by atoms with van der Waals surface area (Å²) in [7, 11) is 0. The molecular formula is C25H25N9O2S2. The van der Waals surface area contributed by atoms with Gasteiger partial charge in [-0.1, -0.05) is 0 Å². The molecule has 0 aliphatic carbocycles. The van der Waals surface area contributed by atoms with Gasteiger partial charge in [0.2, 0.25) is 5.95 Å². The number of rotatable bonds is 6. The van der Waals surface area contributed by atoms with Gasteiger partial charge < -0.3 is 20.9 Å². The first-order valence-corrected chi connectivity index (χ1v) is 13.9. The van der Waals surface area contributed by atoms with Crippen molar-refractivity contribution in [2.45, 2.75) is 38.8 Å². The van der Waals surface area contributed by atoms with E-state index in [0.29, 0.717) is 30.4 Å². The summed E-state index contributed by atoms with van der Waals surface area (Å²) in [5.74, 6) is 0.596. The number of fused-ring (bicyclic) bond motifs is 2. The second-order valence-electron chi connectivity index (χ2n) is 9.38. The average Bonchev–Trinajstić information content (AvgIpc) is 3.58. The number of hydrogen-bond donors (Lipinski definition) is 2. The molecule has 2 aliphatic rings. The van der Waals surface area contributed by atoms with Crippen molar-refractivity contribution in [2.24, 2.45) is 5.73 Å². The summed E-state index contributed by atoms with van der Waals surface area (Å²) in [6, 6.07) is 3.74. The minimum atomic E-state index is -0.556. The van der Waals surface area contributed by atoms with Crippen LogP contribution in [0.25, 0.3) is 10.6 Å². The van der Waals surface area contributed by atoms with Gasteiger partial charge in [-0.3, -0.25) is 9.59 Å². The van der Waals surface area contributed by atoms with E-state index in [-0.39, 0.29) is 23.6 Å². The van der Waals surface area contributed by atoms with E-state index >= 15 is 0 Å². The molecule has 11 nitrogen and oxygen atoms in total. The summed E-state index contributed by atoms with van der Waals surface area (Å²) in [4.78, 5) is 52.1. The highest BCUT2D eigenvalue weighted by molar-refractivity contribution is 7.16. The second kappa shape index (κ2) is 9.72. The van der Waals surface area contributed by atoms with Crippen molar-refractivity contribution in [2.75, 3.05) is 23.3 Å². The minimum Gasteiger partial charge on any atom is -0.366 e. The van der Waals surface area contributed by atoms with Gasteiger partial charge in [0.1, 0.15) is 5.82 Å². The molecule has 0 aromatic carbocycles. The number of hydrogen-bond acceptors (Lipinski definition) is 11. The zero-order valence-electron chi connectivity index (χ0n) is 20.8. The Labute approximate surface area is 226 Å². The fraction of sp³-hybridized carbons (Fsp3) is 0.320. The van der Waals surface area contributed by atoms with Crippen molar-refractivity contribution in [3.8, 4) is 10.6 Å². The summed E-state index contributed by atoms with van der Waals surface area (Å²) < 4.78 is 0. The Hall–Kier alpha value is -3.97. The summed E-state index contributed by atoms with van der Waals surface area (Å²) in [6.45, 7) is 5.25. The third-order valence-corrected chi connectivity index (χ3v) is 8.66. The number of nitrogens with two attached hydrogens (primary N) is 1. The van der Waals surface area contributed by atoms with E-state index in [9.17, 15) is 9.59 Å². The number of amides is 2. The molecule has 2 bridgehead atoms. The quantitative estimate of drug-likeness (QED) is 0.371. The van der Waals surface area contributed by atoms with Gasteiger partial charge in [0.15, 0.2) is 5.13 Å². The van der Waals surface area contributed by atoms with E-state index in [2.05, 4.69) is 35.1 Å². The molecule has 0 saturated carbocycles. The molecule has 0 spiro atoms. The van der Waals surface area contributed by atoms with Crippen LogP contribution < -0.4 is 16.0 Å². The van der Waals surface area contributed by atoms with Crippen LogP contribution in [0.15, 0.2) is 36.1 Å². The molecule has 2 fully saturated rings. The molecule has 0 radical (unpaired) electrons. The monoisotopic (exact) mass is 547 g/mol. The van der Waals surface area contributed by atoms with Crippen molar-refractivity contribution in [3.63, 3.8) is 0 Å². The summed E-state index contributed by atoms with van der Waals surface area (Å²) in [6.07, 6.45) is 6.35. The van der Waals surface area contributed by atoms with Gasteiger partial charge in [0, 0.05) is 37.1 Å². The van der Waals surface area contributed by atoms with Gasteiger partial charge in [-0.25, -0.2) is 24.9 Å². The normalized spacial score (nSPS) is 18.6. The van der Waals surface area contributed by atoms with Gasteiger partial charge in [0.05, 0.1) is 44.5 Å². The number of anilines is 3. The maximum atomic E-state index is 13.4. The summed E-state index contributed by atoms with van der Waals surface area (Å²) >= 11 is 3.14. The third kappa shape index (κ3) is 4.58. The van der Waals surface area contributed by atoms with Crippen molar-refractivity contribution < 1.29 is 9.59 Å². The van der Waals surface area contributed by atoms with Crippen LogP contribution in [0.3, 0.4) is 0 Å². The molecule has 38 heavy (non-hydrogen) atoms. The van der Waals surface area contributed by atoms with Crippen LogP contribution in [0.4, 0.5) is 16.9 Å². The first-order valence-electron chi connectivity index (χ1n) is 12.2. The summed E-state index contributed by atoms with van der Waals surface area (Å²) in [5, 5.41) is 6.99. The Bertz CT molecular complexity index is 1490. The second-order valence-corrected chi connectivity index (χ2v) is 11.4. The molecule has 6 heterocycles. The molecule has 3 N–H and O–H groups in total. The standard InChI is InChI=1S/C25H25N9O2S2/c1-13-21(38-14(2)30-13)19-12-37-25(31-19)32-20-6-3-15(7-27-20)23(36)34-17-4-5-18(34)11-33(10-17)24-28-8-16(9-29-24)22(26)35/h3,6-9,12,17-18H,4-5,10-11H2,1-2H3,(H2,26,35)(H,27,31,32). The number of nitrogens with zero attached hydrogens (tertiary/aromatic N) is 7. The molecule has 2 saturated heterocycles. The predicted molar refractivity (Wildman–Crippen MR) is 146 cm³/mol. The topological polar surface area (TPSA) is 143 Å². The first-order chi connectivity index (χ1) is 18.4. The maximum absolute atomic E-state index is 13.4. The molecule has 13 heteroatoms. The van der Waals surface area contributed by atoms with Gasteiger partial charge in [-0.2, -0.15) is 0 Å². The molecule has 2 aliphatic heterocycles. The molecular weight excluding hydrogens is 522 g/mol. The molecule has 2 amide bonds. The number of primary amides is 1. The van der Waals surface area contributed by atoms with Crippen LogP contribution in [0.5, 0.6) is 0 Å². The van der Waals surface area contributed by atoms with Crippen LogP contribution >= 0.6 is 22.7 Å². The molecule has 194 valence electrons. The smallest absolute Gasteiger partial charge is 0.256 e. The number of carbonyl (C=O) groups is 2. The lowest BCUT2D eigenvalue weighted by molar-refractivity contribution is 0.0640. The summed E-state index contributed by atoms with van der Waals surface area (Å²) in [5.41, 5.74) is 8.00. The number of aromatic nitrogens is 5. The molecule has 2 unspecified atom stereocenters. The highest BCUT2D eigenvalue weighted by Crippen LogP contribution is 2.34. The Morgan fingerprint density at radius 3 is 2.32 bits per heavy atom. The fourth-order valence-corrected chi connectivity index (χ4v) is 6.73. The average molecular weight is 548 g/mol. The van der Waals surface area contributed by atoms with Crippen LogP contribution in [0.1, 0.15) is 44.3 Å². The minimum absolute atomic E-state index is 0.0197. The number of aryl methyl sites for hydroxylation is 2. The lowest BCUT2D eigenvalue weighted by atomic mass is 10.1.